The van der Waals surface area contributed by atoms with E-state index in [1.807, 2.05) is 6.92 Å². The molecule has 2 heterocycles. The van der Waals surface area contributed by atoms with E-state index in [2.05, 4.69) is 15.3 Å². The monoisotopic (exact) mass is 353 g/mol. The highest BCUT2D eigenvalue weighted by atomic mass is 35.5. The molecule has 3 rings (SSSR count). The van der Waals surface area contributed by atoms with Gasteiger partial charge in [0.15, 0.2) is 10.8 Å². The van der Waals surface area contributed by atoms with Crippen LogP contribution in [0, 0.1) is 6.92 Å². The number of amides is 1. The normalized spacial score (nSPS) is 10.7. The Labute approximate surface area is 139 Å². The molecular formula is C14H9Cl2N3O2S. The van der Waals surface area contributed by atoms with Gasteiger partial charge in [0.25, 0.3) is 5.91 Å². The van der Waals surface area contributed by atoms with Gasteiger partial charge in [0, 0.05) is 16.6 Å². The number of nitrogens with zero attached hydrogens (tertiary/aromatic N) is 2. The molecule has 0 radical (unpaired) electrons. The molecule has 2 aromatic heterocycles. The van der Waals surface area contributed by atoms with Gasteiger partial charge >= 0.3 is 0 Å². The lowest BCUT2D eigenvalue weighted by Gasteiger charge is -1.98. The number of anilines is 1. The topological polar surface area (TPSA) is 68.0 Å². The third-order valence-corrected chi connectivity index (χ3v) is 4.31. The van der Waals surface area contributed by atoms with Crippen molar-refractivity contribution in [3.05, 3.63) is 51.3 Å². The fourth-order valence-electron chi connectivity index (χ4n) is 1.71. The summed E-state index contributed by atoms with van der Waals surface area (Å²) in [5.41, 5.74) is 0.799. The van der Waals surface area contributed by atoms with Crippen LogP contribution in [0.5, 0.6) is 0 Å². The maximum absolute atomic E-state index is 12.1. The highest BCUT2D eigenvalue weighted by Gasteiger charge is 2.15. The van der Waals surface area contributed by atoms with Crippen LogP contribution in [0.15, 0.2) is 35.1 Å². The zero-order valence-corrected chi connectivity index (χ0v) is 13.6. The van der Waals surface area contributed by atoms with E-state index in [1.54, 1.807) is 24.4 Å². The Balaban J connectivity index is 1.80. The number of oxazole rings is 1. The SMILES string of the molecule is Cc1cnc(NC(=O)c2coc(-c3ccc(Cl)c(Cl)c3)n2)s1. The molecule has 5 nitrogen and oxygen atoms in total. The maximum Gasteiger partial charge on any atom is 0.279 e. The molecule has 3 aromatic rings. The minimum absolute atomic E-state index is 0.161. The fraction of sp³-hybridized carbons (Fsp3) is 0.0714. The van der Waals surface area contributed by atoms with Crippen LogP contribution in [-0.2, 0) is 0 Å². The molecule has 1 N–H and O–H groups in total. The Bertz CT molecular complexity index is 844. The minimum atomic E-state index is -0.385. The van der Waals surface area contributed by atoms with Gasteiger partial charge in [-0.25, -0.2) is 9.97 Å². The third-order valence-electron chi connectivity index (χ3n) is 2.75. The van der Waals surface area contributed by atoms with E-state index in [9.17, 15) is 4.79 Å². The van der Waals surface area contributed by atoms with Crippen molar-refractivity contribution >= 4 is 45.6 Å². The summed E-state index contributed by atoms with van der Waals surface area (Å²) in [6.07, 6.45) is 2.97. The number of halogens is 2. The molecule has 0 unspecified atom stereocenters. The summed E-state index contributed by atoms with van der Waals surface area (Å²) in [4.78, 5) is 21.3. The first kappa shape index (κ1) is 15.0. The molecule has 0 aliphatic heterocycles. The van der Waals surface area contributed by atoms with E-state index >= 15 is 0 Å². The number of carbonyl (C=O) groups is 1. The molecule has 0 atom stereocenters. The Morgan fingerprint density at radius 3 is 2.82 bits per heavy atom. The standard InChI is InChI=1S/C14H9Cl2N3O2S/c1-7-5-17-14(22-7)19-12(20)11-6-21-13(18-11)8-2-3-9(15)10(16)4-8/h2-6H,1H3,(H,17,19,20). The molecule has 1 amide bonds. The second kappa shape index (κ2) is 6.08. The number of thiazole rings is 1. The maximum atomic E-state index is 12.1. The van der Waals surface area contributed by atoms with E-state index in [0.29, 0.717) is 26.6 Å². The number of aryl methyl sites for hydroxylation is 1. The quantitative estimate of drug-likeness (QED) is 0.742. The van der Waals surface area contributed by atoms with E-state index in [0.717, 1.165) is 4.88 Å². The van der Waals surface area contributed by atoms with Crippen LogP contribution in [0.4, 0.5) is 5.13 Å². The lowest BCUT2D eigenvalue weighted by molar-refractivity contribution is 0.102. The average molecular weight is 354 g/mol. The largest absolute Gasteiger partial charge is 0.444 e. The lowest BCUT2D eigenvalue weighted by atomic mass is 10.2. The van der Waals surface area contributed by atoms with Crippen LogP contribution in [0.2, 0.25) is 10.0 Å². The summed E-state index contributed by atoms with van der Waals surface area (Å²) in [6.45, 7) is 1.91. The molecule has 0 saturated heterocycles. The van der Waals surface area contributed by atoms with Crippen molar-refractivity contribution in [1.82, 2.24) is 9.97 Å². The second-order valence-corrected chi connectivity index (χ2v) is 6.45. The molecule has 22 heavy (non-hydrogen) atoms. The highest BCUT2D eigenvalue weighted by molar-refractivity contribution is 7.15. The summed E-state index contributed by atoms with van der Waals surface area (Å²) >= 11 is 13.2. The third kappa shape index (κ3) is 3.14. The Morgan fingerprint density at radius 1 is 1.32 bits per heavy atom. The van der Waals surface area contributed by atoms with E-state index in [1.165, 1.54) is 17.6 Å². The number of hydrogen-bond donors (Lipinski definition) is 1. The van der Waals surface area contributed by atoms with E-state index < -0.39 is 0 Å². The fourth-order valence-corrected chi connectivity index (χ4v) is 2.67. The van der Waals surface area contributed by atoms with E-state index in [-0.39, 0.29) is 11.6 Å². The molecule has 0 aliphatic rings. The molecule has 1 aromatic carbocycles. The van der Waals surface area contributed by atoms with Crippen LogP contribution in [0.25, 0.3) is 11.5 Å². The smallest absolute Gasteiger partial charge is 0.279 e. The number of benzene rings is 1. The van der Waals surface area contributed by atoms with Crippen LogP contribution >= 0.6 is 34.5 Å². The number of nitrogens with one attached hydrogen (secondary N) is 1. The van der Waals surface area contributed by atoms with Gasteiger partial charge in [-0.2, -0.15) is 0 Å². The van der Waals surface area contributed by atoms with Gasteiger partial charge in [-0.3, -0.25) is 10.1 Å². The van der Waals surface area contributed by atoms with Crippen molar-refractivity contribution in [1.29, 1.82) is 0 Å². The first-order valence-electron chi connectivity index (χ1n) is 6.17. The molecule has 8 heteroatoms. The number of carbonyl (C=O) groups excluding carboxylic acids is 1. The first-order chi connectivity index (χ1) is 10.5. The van der Waals surface area contributed by atoms with Gasteiger partial charge in [-0.15, -0.1) is 11.3 Å². The van der Waals surface area contributed by atoms with E-state index in [4.69, 9.17) is 27.6 Å². The van der Waals surface area contributed by atoms with Gasteiger partial charge in [-0.1, -0.05) is 23.2 Å². The van der Waals surface area contributed by atoms with Crippen molar-refractivity contribution in [2.45, 2.75) is 6.92 Å². The molecular weight excluding hydrogens is 345 g/mol. The predicted molar refractivity (Wildman–Crippen MR) is 86.8 cm³/mol. The molecule has 112 valence electrons. The number of rotatable bonds is 3. The summed E-state index contributed by atoms with van der Waals surface area (Å²) in [5, 5.41) is 4.01. The van der Waals surface area contributed by atoms with Crippen LogP contribution in [0.1, 0.15) is 15.4 Å². The first-order valence-corrected chi connectivity index (χ1v) is 7.75. The average Bonchev–Trinajstić information content (AvgIpc) is 3.11. The summed E-state index contributed by atoms with van der Waals surface area (Å²) in [6, 6.07) is 4.98. The van der Waals surface area contributed by atoms with Crippen molar-refractivity contribution in [3.63, 3.8) is 0 Å². The van der Waals surface area contributed by atoms with Crippen molar-refractivity contribution in [2.75, 3.05) is 5.32 Å². The number of aromatic nitrogens is 2. The Morgan fingerprint density at radius 2 is 2.14 bits per heavy atom. The van der Waals surface area contributed by atoms with Gasteiger partial charge in [-0.05, 0) is 25.1 Å². The summed E-state index contributed by atoms with van der Waals surface area (Å²) < 4.78 is 5.32. The summed E-state index contributed by atoms with van der Waals surface area (Å²) in [7, 11) is 0. The predicted octanol–water partition coefficient (Wildman–Crippen LogP) is 4.67. The van der Waals surface area contributed by atoms with Crippen molar-refractivity contribution < 1.29 is 9.21 Å². The Kier molecular flexibility index (Phi) is 4.15. The second-order valence-electron chi connectivity index (χ2n) is 4.40. The lowest BCUT2D eigenvalue weighted by Crippen LogP contribution is -2.11. The molecule has 0 fully saturated rings. The van der Waals surface area contributed by atoms with Gasteiger partial charge < -0.3 is 4.42 Å². The molecule has 0 saturated carbocycles. The van der Waals surface area contributed by atoms with Crippen LogP contribution < -0.4 is 5.32 Å². The van der Waals surface area contributed by atoms with Crippen LogP contribution in [0.3, 0.4) is 0 Å². The highest BCUT2D eigenvalue weighted by Crippen LogP contribution is 2.28. The Hall–Kier alpha value is -1.89. The van der Waals surface area contributed by atoms with Crippen molar-refractivity contribution in [2.24, 2.45) is 0 Å². The van der Waals surface area contributed by atoms with Gasteiger partial charge in [0.05, 0.1) is 10.0 Å². The zero-order valence-electron chi connectivity index (χ0n) is 11.3. The minimum Gasteiger partial charge on any atom is -0.444 e. The van der Waals surface area contributed by atoms with Crippen LogP contribution in [-0.4, -0.2) is 15.9 Å². The summed E-state index contributed by atoms with van der Waals surface area (Å²) in [5.74, 6) is -0.0940. The molecule has 0 aliphatic carbocycles. The molecule has 0 spiro atoms. The number of hydrogen-bond acceptors (Lipinski definition) is 5. The zero-order chi connectivity index (χ0) is 15.7. The van der Waals surface area contributed by atoms with Crippen molar-refractivity contribution in [3.8, 4) is 11.5 Å². The van der Waals surface area contributed by atoms with Gasteiger partial charge in [0.2, 0.25) is 5.89 Å². The molecule has 0 bridgehead atoms. The van der Waals surface area contributed by atoms with Gasteiger partial charge in [0.1, 0.15) is 6.26 Å².